The summed E-state index contributed by atoms with van der Waals surface area (Å²) in [7, 11) is 0. The smallest absolute Gasteiger partial charge is 0.255 e. The van der Waals surface area contributed by atoms with E-state index in [0.717, 1.165) is 10.2 Å². The Morgan fingerprint density at radius 2 is 1.41 bits per heavy atom. The summed E-state index contributed by atoms with van der Waals surface area (Å²) in [5, 5.41) is 3.12. The third-order valence-electron chi connectivity index (χ3n) is 3.72. The van der Waals surface area contributed by atoms with Crippen LogP contribution in [0.4, 0.5) is 5.69 Å². The van der Waals surface area contributed by atoms with E-state index in [1.54, 1.807) is 0 Å². The molecule has 0 saturated carbocycles. The fraction of sp³-hybridized carbons (Fsp3) is 0.316. The predicted octanol–water partition coefficient (Wildman–Crippen LogP) is 5.95. The molecule has 0 unspecified atom stereocenters. The summed E-state index contributed by atoms with van der Waals surface area (Å²) in [5.41, 5.74) is 3.98. The van der Waals surface area contributed by atoms with Crippen LogP contribution in [0, 0.1) is 0 Å². The Bertz CT molecular complexity index is 633. The molecule has 2 aromatic rings. The molecule has 0 fully saturated rings. The van der Waals surface area contributed by atoms with Gasteiger partial charge in [0.25, 0.3) is 5.91 Å². The molecule has 0 heterocycles. The van der Waals surface area contributed by atoms with Gasteiger partial charge in [0.1, 0.15) is 0 Å². The lowest BCUT2D eigenvalue weighted by Gasteiger charge is -2.20. The maximum absolute atomic E-state index is 12.5. The third kappa shape index (κ3) is 3.77. The Hall–Kier alpha value is -1.61. The minimum absolute atomic E-state index is 0.0671. The number of rotatable bonds is 4. The second kappa shape index (κ2) is 7.10. The number of hydrogen-bond donors (Lipinski definition) is 1. The first-order valence-electron chi connectivity index (χ1n) is 7.60. The zero-order valence-corrected chi connectivity index (χ0v) is 15.1. The molecule has 0 aliphatic carbocycles. The fourth-order valence-electron chi connectivity index (χ4n) is 2.48. The van der Waals surface area contributed by atoms with Crippen LogP contribution in [0.15, 0.2) is 46.9 Å². The quantitative estimate of drug-likeness (QED) is 0.717. The number of hydrogen-bond acceptors (Lipinski definition) is 1. The molecule has 0 aromatic heterocycles. The fourth-order valence-corrected chi connectivity index (χ4v) is 2.75. The lowest BCUT2D eigenvalue weighted by molar-refractivity contribution is 0.102. The zero-order chi connectivity index (χ0) is 16.3. The van der Waals surface area contributed by atoms with Crippen molar-refractivity contribution in [3.8, 4) is 0 Å². The van der Waals surface area contributed by atoms with E-state index in [-0.39, 0.29) is 5.91 Å². The van der Waals surface area contributed by atoms with E-state index >= 15 is 0 Å². The minimum Gasteiger partial charge on any atom is -0.321 e. The SMILES string of the molecule is CC(C)c1cccc(C(C)C)c1NC(=O)c1ccc(Br)cc1. The number of carbonyl (C=O) groups is 1. The van der Waals surface area contributed by atoms with Gasteiger partial charge in [-0.2, -0.15) is 0 Å². The molecule has 0 bridgehead atoms. The maximum atomic E-state index is 12.5. The molecule has 0 atom stereocenters. The van der Waals surface area contributed by atoms with Crippen molar-refractivity contribution in [1.82, 2.24) is 0 Å². The summed E-state index contributed by atoms with van der Waals surface area (Å²) >= 11 is 3.39. The monoisotopic (exact) mass is 359 g/mol. The number of benzene rings is 2. The molecule has 0 spiro atoms. The van der Waals surface area contributed by atoms with Crippen LogP contribution >= 0.6 is 15.9 Å². The molecule has 2 rings (SSSR count). The molecule has 2 aromatic carbocycles. The van der Waals surface area contributed by atoms with Crippen LogP contribution in [0.5, 0.6) is 0 Å². The van der Waals surface area contributed by atoms with Crippen LogP contribution in [-0.2, 0) is 0 Å². The highest BCUT2D eigenvalue weighted by Gasteiger charge is 2.16. The van der Waals surface area contributed by atoms with Crippen molar-refractivity contribution in [3.05, 3.63) is 63.6 Å². The number of amides is 1. The molecule has 116 valence electrons. The van der Waals surface area contributed by atoms with Gasteiger partial charge in [-0.3, -0.25) is 4.79 Å². The molecule has 0 radical (unpaired) electrons. The van der Waals surface area contributed by atoms with Gasteiger partial charge < -0.3 is 5.32 Å². The average molecular weight is 360 g/mol. The van der Waals surface area contributed by atoms with E-state index in [2.05, 4.69) is 67.1 Å². The van der Waals surface area contributed by atoms with Crippen molar-refractivity contribution in [2.75, 3.05) is 5.32 Å². The first-order valence-corrected chi connectivity index (χ1v) is 8.39. The second-order valence-corrected chi connectivity index (χ2v) is 7.00. The molecule has 3 heteroatoms. The standard InChI is InChI=1S/C19H22BrNO/c1-12(2)16-6-5-7-17(13(3)4)18(16)21-19(22)14-8-10-15(20)11-9-14/h5-13H,1-4H3,(H,21,22). The molecule has 1 N–H and O–H groups in total. The van der Waals surface area contributed by atoms with Gasteiger partial charge in [-0.15, -0.1) is 0 Å². The first kappa shape index (κ1) is 16.8. The van der Waals surface area contributed by atoms with Crippen LogP contribution in [0.1, 0.15) is 61.0 Å². The van der Waals surface area contributed by atoms with Crippen LogP contribution in [-0.4, -0.2) is 5.91 Å². The van der Waals surface area contributed by atoms with Crippen LogP contribution < -0.4 is 5.32 Å². The summed E-state index contributed by atoms with van der Waals surface area (Å²) in [6.45, 7) is 8.59. The summed E-state index contributed by atoms with van der Waals surface area (Å²) in [4.78, 5) is 12.5. The normalized spacial score (nSPS) is 11.0. The highest BCUT2D eigenvalue weighted by molar-refractivity contribution is 9.10. The predicted molar refractivity (Wildman–Crippen MR) is 96.7 cm³/mol. The van der Waals surface area contributed by atoms with Crippen LogP contribution in [0.2, 0.25) is 0 Å². The number of nitrogens with one attached hydrogen (secondary N) is 1. The molecule has 0 aliphatic rings. The van der Waals surface area contributed by atoms with E-state index in [4.69, 9.17) is 0 Å². The Labute approximate surface area is 141 Å². The molecule has 22 heavy (non-hydrogen) atoms. The van der Waals surface area contributed by atoms with Gasteiger partial charge in [-0.05, 0) is 47.2 Å². The van der Waals surface area contributed by atoms with Crippen molar-refractivity contribution in [2.45, 2.75) is 39.5 Å². The van der Waals surface area contributed by atoms with Crippen LogP contribution in [0.25, 0.3) is 0 Å². The van der Waals surface area contributed by atoms with Gasteiger partial charge in [-0.25, -0.2) is 0 Å². The first-order chi connectivity index (χ1) is 10.4. The summed E-state index contributed by atoms with van der Waals surface area (Å²) in [6.07, 6.45) is 0. The summed E-state index contributed by atoms with van der Waals surface area (Å²) in [5.74, 6) is 0.653. The number of para-hydroxylation sites is 1. The molecule has 0 aliphatic heterocycles. The Morgan fingerprint density at radius 1 is 0.909 bits per heavy atom. The number of halogens is 1. The zero-order valence-electron chi connectivity index (χ0n) is 13.5. The van der Waals surface area contributed by atoms with E-state index in [1.165, 1.54) is 11.1 Å². The molecular weight excluding hydrogens is 338 g/mol. The van der Waals surface area contributed by atoms with Crippen molar-refractivity contribution in [2.24, 2.45) is 0 Å². The van der Waals surface area contributed by atoms with E-state index in [0.29, 0.717) is 17.4 Å². The lowest BCUT2D eigenvalue weighted by atomic mass is 9.92. The maximum Gasteiger partial charge on any atom is 0.255 e. The Balaban J connectivity index is 2.39. The van der Waals surface area contributed by atoms with Gasteiger partial charge in [0.05, 0.1) is 0 Å². The molecule has 2 nitrogen and oxygen atoms in total. The van der Waals surface area contributed by atoms with Crippen LogP contribution in [0.3, 0.4) is 0 Å². The summed E-state index contributed by atoms with van der Waals surface area (Å²) in [6, 6.07) is 13.7. The van der Waals surface area contributed by atoms with Crippen molar-refractivity contribution >= 4 is 27.5 Å². The largest absolute Gasteiger partial charge is 0.321 e. The molecule has 0 saturated heterocycles. The van der Waals surface area contributed by atoms with Gasteiger partial charge in [0.2, 0.25) is 0 Å². The number of anilines is 1. The lowest BCUT2D eigenvalue weighted by Crippen LogP contribution is -2.15. The highest BCUT2D eigenvalue weighted by atomic mass is 79.9. The van der Waals surface area contributed by atoms with Gasteiger partial charge in [0, 0.05) is 15.7 Å². The van der Waals surface area contributed by atoms with Crippen molar-refractivity contribution < 1.29 is 4.79 Å². The third-order valence-corrected chi connectivity index (χ3v) is 4.25. The molecular formula is C19H22BrNO. The van der Waals surface area contributed by atoms with Gasteiger partial charge >= 0.3 is 0 Å². The van der Waals surface area contributed by atoms with Crippen molar-refractivity contribution in [1.29, 1.82) is 0 Å². The van der Waals surface area contributed by atoms with Crippen molar-refractivity contribution in [3.63, 3.8) is 0 Å². The molecule has 1 amide bonds. The second-order valence-electron chi connectivity index (χ2n) is 6.08. The Morgan fingerprint density at radius 3 is 1.86 bits per heavy atom. The van der Waals surface area contributed by atoms with Gasteiger partial charge in [0.15, 0.2) is 0 Å². The topological polar surface area (TPSA) is 29.1 Å². The number of carbonyl (C=O) groups excluding carboxylic acids is 1. The Kier molecular flexibility index (Phi) is 5.41. The van der Waals surface area contributed by atoms with E-state index in [9.17, 15) is 4.79 Å². The minimum atomic E-state index is -0.0671. The van der Waals surface area contributed by atoms with E-state index in [1.807, 2.05) is 24.3 Å². The van der Waals surface area contributed by atoms with Gasteiger partial charge in [-0.1, -0.05) is 61.8 Å². The van der Waals surface area contributed by atoms with E-state index < -0.39 is 0 Å². The average Bonchev–Trinajstić information content (AvgIpc) is 2.47. The summed E-state index contributed by atoms with van der Waals surface area (Å²) < 4.78 is 0.967. The highest BCUT2D eigenvalue weighted by Crippen LogP contribution is 2.32.